The molecule has 2 nitrogen and oxygen atoms in total. The van der Waals surface area contributed by atoms with Crippen molar-refractivity contribution < 1.29 is 4.79 Å². The van der Waals surface area contributed by atoms with E-state index in [0.717, 1.165) is 19.3 Å². The Hall–Kier alpha value is -0.810. The number of hydrogen-bond acceptors (Lipinski definition) is 2. The van der Waals surface area contributed by atoms with Crippen LogP contribution >= 0.6 is 0 Å². The Morgan fingerprint density at radius 3 is 2.77 bits per heavy atom. The first kappa shape index (κ1) is 10.3. The molecule has 0 aromatic carbocycles. The van der Waals surface area contributed by atoms with Gasteiger partial charge in [0.15, 0.2) is 0 Å². The van der Waals surface area contributed by atoms with E-state index in [4.69, 9.17) is 5.73 Å². The fourth-order valence-corrected chi connectivity index (χ4v) is 1.87. The lowest BCUT2D eigenvalue weighted by Gasteiger charge is -2.26. The van der Waals surface area contributed by atoms with Crippen LogP contribution in [0.4, 0.5) is 0 Å². The molecular weight excluding hydrogens is 162 g/mol. The predicted molar refractivity (Wildman–Crippen MR) is 53.0 cm³/mol. The SMILES string of the molecule is CC#CCC(=O)C1CCCCC1N. The molecule has 0 amide bonds. The maximum atomic E-state index is 11.6. The maximum Gasteiger partial charge on any atom is 0.149 e. The Balaban J connectivity index is 2.47. The molecule has 0 aliphatic heterocycles. The minimum Gasteiger partial charge on any atom is -0.327 e. The van der Waals surface area contributed by atoms with Crippen LogP contribution in [0.25, 0.3) is 0 Å². The maximum absolute atomic E-state index is 11.6. The van der Waals surface area contributed by atoms with Crippen LogP contribution in [0.2, 0.25) is 0 Å². The second-order valence-electron chi connectivity index (χ2n) is 3.62. The second-order valence-corrected chi connectivity index (χ2v) is 3.62. The van der Waals surface area contributed by atoms with Crippen molar-refractivity contribution in [3.8, 4) is 11.8 Å². The topological polar surface area (TPSA) is 43.1 Å². The Kier molecular flexibility index (Phi) is 3.98. The zero-order valence-corrected chi connectivity index (χ0v) is 8.18. The lowest BCUT2D eigenvalue weighted by atomic mass is 9.81. The highest BCUT2D eigenvalue weighted by molar-refractivity contribution is 5.83. The van der Waals surface area contributed by atoms with Gasteiger partial charge in [0.2, 0.25) is 0 Å². The van der Waals surface area contributed by atoms with Gasteiger partial charge in [0.05, 0.1) is 6.42 Å². The molecule has 1 aliphatic rings. The number of Topliss-reactive ketones (excluding diaryl/α,β-unsaturated/α-hetero) is 1. The van der Waals surface area contributed by atoms with E-state index in [2.05, 4.69) is 11.8 Å². The lowest BCUT2D eigenvalue weighted by Crippen LogP contribution is -2.37. The molecule has 0 spiro atoms. The van der Waals surface area contributed by atoms with E-state index in [1.54, 1.807) is 6.92 Å². The highest BCUT2D eigenvalue weighted by Gasteiger charge is 2.26. The minimum absolute atomic E-state index is 0.0783. The summed E-state index contributed by atoms with van der Waals surface area (Å²) in [6, 6.07) is 0.0832. The van der Waals surface area contributed by atoms with E-state index in [0.29, 0.717) is 6.42 Å². The van der Waals surface area contributed by atoms with Crippen LogP contribution in [-0.2, 0) is 4.79 Å². The fraction of sp³-hybridized carbons (Fsp3) is 0.727. The summed E-state index contributed by atoms with van der Waals surface area (Å²) in [7, 11) is 0. The number of hydrogen-bond donors (Lipinski definition) is 1. The summed E-state index contributed by atoms with van der Waals surface area (Å²) >= 11 is 0. The third-order valence-corrected chi connectivity index (χ3v) is 2.67. The Labute approximate surface area is 79.9 Å². The Morgan fingerprint density at radius 1 is 1.46 bits per heavy atom. The van der Waals surface area contributed by atoms with Crippen LogP contribution in [0, 0.1) is 17.8 Å². The van der Waals surface area contributed by atoms with Gasteiger partial charge in [-0.3, -0.25) is 4.79 Å². The van der Waals surface area contributed by atoms with Crippen LogP contribution in [0.3, 0.4) is 0 Å². The molecule has 1 rings (SSSR count). The molecular formula is C11H17NO. The molecule has 0 aromatic heterocycles. The fourth-order valence-electron chi connectivity index (χ4n) is 1.87. The summed E-state index contributed by atoms with van der Waals surface area (Å²) < 4.78 is 0. The third-order valence-electron chi connectivity index (χ3n) is 2.67. The van der Waals surface area contributed by atoms with Crippen LogP contribution in [0.5, 0.6) is 0 Å². The van der Waals surface area contributed by atoms with Crippen molar-refractivity contribution in [3.05, 3.63) is 0 Å². The molecule has 2 N–H and O–H groups in total. The van der Waals surface area contributed by atoms with Gasteiger partial charge in [-0.25, -0.2) is 0 Å². The number of nitrogens with two attached hydrogens (primary N) is 1. The van der Waals surface area contributed by atoms with Crippen molar-refractivity contribution in [2.24, 2.45) is 11.7 Å². The molecule has 0 aromatic rings. The van der Waals surface area contributed by atoms with Gasteiger partial charge >= 0.3 is 0 Å². The van der Waals surface area contributed by atoms with Gasteiger partial charge in [0, 0.05) is 12.0 Å². The molecule has 2 atom stereocenters. The van der Waals surface area contributed by atoms with Crippen molar-refractivity contribution in [1.29, 1.82) is 0 Å². The molecule has 1 aliphatic carbocycles. The standard InChI is InChI=1S/C11H17NO/c1-2-3-8-11(13)9-6-4-5-7-10(9)12/h9-10H,4-8,12H2,1H3. The van der Waals surface area contributed by atoms with E-state index in [1.807, 2.05) is 0 Å². The third kappa shape index (κ3) is 2.86. The number of rotatable bonds is 2. The second kappa shape index (κ2) is 5.04. The van der Waals surface area contributed by atoms with E-state index in [9.17, 15) is 4.79 Å². The van der Waals surface area contributed by atoms with Gasteiger partial charge in [-0.15, -0.1) is 5.92 Å². The molecule has 0 saturated heterocycles. The van der Waals surface area contributed by atoms with Crippen molar-refractivity contribution >= 4 is 5.78 Å². The van der Waals surface area contributed by atoms with E-state index < -0.39 is 0 Å². The molecule has 1 saturated carbocycles. The van der Waals surface area contributed by atoms with Crippen molar-refractivity contribution in [3.63, 3.8) is 0 Å². The largest absolute Gasteiger partial charge is 0.327 e. The van der Waals surface area contributed by atoms with Gasteiger partial charge in [-0.2, -0.15) is 0 Å². The van der Waals surface area contributed by atoms with Gasteiger partial charge in [0.25, 0.3) is 0 Å². The molecule has 0 radical (unpaired) electrons. The van der Waals surface area contributed by atoms with E-state index >= 15 is 0 Å². The normalized spacial score (nSPS) is 27.5. The van der Waals surface area contributed by atoms with E-state index in [-0.39, 0.29) is 17.7 Å². The Morgan fingerprint density at radius 2 is 2.15 bits per heavy atom. The van der Waals surface area contributed by atoms with Crippen LogP contribution in [-0.4, -0.2) is 11.8 Å². The van der Waals surface area contributed by atoms with Crippen molar-refractivity contribution in [2.45, 2.75) is 45.1 Å². The number of carbonyl (C=O) groups excluding carboxylic acids is 1. The van der Waals surface area contributed by atoms with Crippen molar-refractivity contribution in [1.82, 2.24) is 0 Å². The van der Waals surface area contributed by atoms with Gasteiger partial charge in [-0.1, -0.05) is 18.8 Å². The highest BCUT2D eigenvalue weighted by atomic mass is 16.1. The molecule has 2 heteroatoms. The summed E-state index contributed by atoms with van der Waals surface area (Å²) in [5.74, 6) is 5.87. The Bertz CT molecular complexity index is 236. The monoisotopic (exact) mass is 179 g/mol. The molecule has 72 valence electrons. The summed E-state index contributed by atoms with van der Waals surface area (Å²) in [5.41, 5.74) is 5.88. The first-order valence-electron chi connectivity index (χ1n) is 4.93. The predicted octanol–water partition coefficient (Wildman–Crippen LogP) is 1.49. The zero-order chi connectivity index (χ0) is 9.68. The first-order valence-corrected chi connectivity index (χ1v) is 4.93. The molecule has 0 bridgehead atoms. The summed E-state index contributed by atoms with van der Waals surface area (Å²) in [4.78, 5) is 11.6. The molecule has 0 heterocycles. The van der Waals surface area contributed by atoms with Gasteiger partial charge in [-0.05, 0) is 19.8 Å². The average Bonchev–Trinajstić information content (AvgIpc) is 2.15. The summed E-state index contributed by atoms with van der Waals surface area (Å²) in [6.07, 6.45) is 4.66. The lowest BCUT2D eigenvalue weighted by molar-refractivity contribution is -0.123. The molecule has 13 heavy (non-hydrogen) atoms. The van der Waals surface area contributed by atoms with Crippen LogP contribution in [0.1, 0.15) is 39.0 Å². The summed E-state index contributed by atoms with van der Waals surface area (Å²) in [6.45, 7) is 1.76. The minimum atomic E-state index is 0.0783. The van der Waals surface area contributed by atoms with Gasteiger partial charge in [0.1, 0.15) is 5.78 Å². The number of ketones is 1. The zero-order valence-electron chi connectivity index (χ0n) is 8.18. The summed E-state index contributed by atoms with van der Waals surface area (Å²) in [5, 5.41) is 0. The molecule has 1 fully saturated rings. The van der Waals surface area contributed by atoms with E-state index in [1.165, 1.54) is 6.42 Å². The smallest absolute Gasteiger partial charge is 0.149 e. The van der Waals surface area contributed by atoms with Crippen LogP contribution < -0.4 is 5.73 Å². The first-order chi connectivity index (χ1) is 6.25. The van der Waals surface area contributed by atoms with Crippen molar-refractivity contribution in [2.75, 3.05) is 0 Å². The molecule has 2 unspecified atom stereocenters. The quantitative estimate of drug-likeness (QED) is 0.652. The highest BCUT2D eigenvalue weighted by Crippen LogP contribution is 2.24. The number of carbonyl (C=O) groups is 1. The average molecular weight is 179 g/mol. The van der Waals surface area contributed by atoms with Gasteiger partial charge < -0.3 is 5.73 Å². The van der Waals surface area contributed by atoms with Crippen LogP contribution in [0.15, 0.2) is 0 Å².